The molecule has 0 unspecified atom stereocenters. The number of halogens is 1. The molecule has 0 bridgehead atoms. The standard InChI is InChI=1S/C34H36FN3O6S/c1-24-10-17-29(18-11-24)45(41,42)38(30-21-28(43-3)16-19-32(30)44-4)23-33(39)37(22-26-12-14-27(35)15-13-26)31(34(40)36-2)20-25-8-6-5-7-9-25/h5-19,21,31H,20,22-23H2,1-4H3,(H,36,40)/t31-/m0/s1. The van der Waals surface area contributed by atoms with Gasteiger partial charge in [-0.1, -0.05) is 60.2 Å². The number of likely N-dealkylation sites (N-methyl/N-ethyl adjacent to an activating group) is 1. The number of carbonyl (C=O) groups is 2. The maximum atomic E-state index is 14.4. The van der Waals surface area contributed by atoms with Gasteiger partial charge in [0.1, 0.15) is 29.9 Å². The van der Waals surface area contributed by atoms with Crippen LogP contribution in [-0.4, -0.2) is 59.0 Å². The van der Waals surface area contributed by atoms with Crippen LogP contribution in [0.25, 0.3) is 0 Å². The Morgan fingerprint density at radius 3 is 2.13 bits per heavy atom. The third-order valence-electron chi connectivity index (χ3n) is 7.33. The monoisotopic (exact) mass is 633 g/mol. The van der Waals surface area contributed by atoms with Crippen molar-refractivity contribution in [2.75, 3.05) is 32.1 Å². The van der Waals surface area contributed by atoms with E-state index in [4.69, 9.17) is 9.47 Å². The number of sulfonamides is 1. The summed E-state index contributed by atoms with van der Waals surface area (Å²) in [5.41, 5.74) is 2.28. The summed E-state index contributed by atoms with van der Waals surface area (Å²) in [6.07, 6.45) is 0.153. The van der Waals surface area contributed by atoms with Crippen LogP contribution in [0.1, 0.15) is 16.7 Å². The fourth-order valence-electron chi connectivity index (χ4n) is 4.85. The molecular formula is C34H36FN3O6S. The van der Waals surface area contributed by atoms with Crippen LogP contribution in [0.5, 0.6) is 11.5 Å². The van der Waals surface area contributed by atoms with Crippen LogP contribution in [0.3, 0.4) is 0 Å². The van der Waals surface area contributed by atoms with Crippen molar-refractivity contribution in [2.24, 2.45) is 0 Å². The second kappa shape index (κ2) is 14.7. The first-order valence-corrected chi connectivity index (χ1v) is 15.6. The van der Waals surface area contributed by atoms with Crippen LogP contribution < -0.4 is 19.1 Å². The SMILES string of the molecule is CNC(=O)[C@H](Cc1ccccc1)N(Cc1ccc(F)cc1)C(=O)CN(c1cc(OC)ccc1OC)S(=O)(=O)c1ccc(C)cc1. The van der Waals surface area contributed by atoms with Gasteiger partial charge in [-0.2, -0.15) is 0 Å². The zero-order valence-corrected chi connectivity index (χ0v) is 26.4. The molecule has 236 valence electrons. The van der Waals surface area contributed by atoms with Gasteiger partial charge in [0, 0.05) is 26.1 Å². The molecule has 1 N–H and O–H groups in total. The smallest absolute Gasteiger partial charge is 0.264 e. The molecule has 0 aromatic heterocycles. The molecule has 0 aliphatic heterocycles. The van der Waals surface area contributed by atoms with E-state index in [1.165, 1.54) is 68.6 Å². The molecular weight excluding hydrogens is 597 g/mol. The van der Waals surface area contributed by atoms with Crippen molar-refractivity contribution in [1.29, 1.82) is 0 Å². The highest BCUT2D eigenvalue weighted by Crippen LogP contribution is 2.36. The topological polar surface area (TPSA) is 105 Å². The first kappa shape index (κ1) is 33.0. The number of methoxy groups -OCH3 is 2. The lowest BCUT2D eigenvalue weighted by atomic mass is 10.0. The van der Waals surface area contributed by atoms with Crippen molar-refractivity contribution in [3.63, 3.8) is 0 Å². The molecule has 0 saturated carbocycles. The van der Waals surface area contributed by atoms with Crippen molar-refractivity contribution in [1.82, 2.24) is 10.2 Å². The summed E-state index contributed by atoms with van der Waals surface area (Å²) in [6, 6.07) is 24.6. The van der Waals surface area contributed by atoms with Gasteiger partial charge in [-0.15, -0.1) is 0 Å². The Kier molecular flexibility index (Phi) is 10.8. The molecule has 4 rings (SSSR count). The van der Waals surface area contributed by atoms with Crippen molar-refractivity contribution in [2.45, 2.75) is 30.8 Å². The maximum absolute atomic E-state index is 14.4. The Bertz CT molecular complexity index is 1720. The van der Waals surface area contributed by atoms with Gasteiger partial charge in [-0.3, -0.25) is 13.9 Å². The molecule has 0 spiro atoms. The number of nitrogens with zero attached hydrogens (tertiary/aromatic N) is 2. The molecule has 0 aliphatic rings. The number of amides is 2. The van der Waals surface area contributed by atoms with Crippen LogP contribution in [-0.2, 0) is 32.6 Å². The van der Waals surface area contributed by atoms with Gasteiger partial charge < -0.3 is 19.7 Å². The molecule has 45 heavy (non-hydrogen) atoms. The predicted octanol–water partition coefficient (Wildman–Crippen LogP) is 4.73. The second-order valence-electron chi connectivity index (χ2n) is 10.3. The van der Waals surface area contributed by atoms with E-state index >= 15 is 0 Å². The van der Waals surface area contributed by atoms with Gasteiger partial charge in [0.2, 0.25) is 11.8 Å². The zero-order chi connectivity index (χ0) is 32.6. The van der Waals surface area contributed by atoms with Crippen LogP contribution >= 0.6 is 0 Å². The largest absolute Gasteiger partial charge is 0.497 e. The average Bonchev–Trinajstić information content (AvgIpc) is 3.05. The van der Waals surface area contributed by atoms with Gasteiger partial charge in [-0.25, -0.2) is 12.8 Å². The third kappa shape index (κ3) is 7.98. The number of hydrogen-bond acceptors (Lipinski definition) is 6. The normalized spacial score (nSPS) is 11.8. The minimum atomic E-state index is -4.35. The Morgan fingerprint density at radius 2 is 1.53 bits per heavy atom. The zero-order valence-electron chi connectivity index (χ0n) is 25.6. The lowest BCUT2D eigenvalue weighted by Gasteiger charge is -2.34. The fraction of sp³-hybridized carbons (Fsp3) is 0.235. The molecule has 0 aliphatic carbocycles. The van der Waals surface area contributed by atoms with Crippen LogP contribution in [0.2, 0.25) is 0 Å². The summed E-state index contributed by atoms with van der Waals surface area (Å²) in [6.45, 7) is 1.07. The highest BCUT2D eigenvalue weighted by atomic mass is 32.2. The quantitative estimate of drug-likeness (QED) is 0.228. The molecule has 9 nitrogen and oxygen atoms in total. The Morgan fingerprint density at radius 1 is 0.867 bits per heavy atom. The first-order chi connectivity index (χ1) is 21.6. The molecule has 11 heteroatoms. The predicted molar refractivity (Wildman–Crippen MR) is 170 cm³/mol. The Hall–Kier alpha value is -4.90. The molecule has 1 atom stereocenters. The number of ether oxygens (including phenoxy) is 2. The summed E-state index contributed by atoms with van der Waals surface area (Å²) in [5, 5.41) is 2.63. The van der Waals surface area contributed by atoms with Crippen molar-refractivity contribution in [3.05, 3.63) is 120 Å². The third-order valence-corrected chi connectivity index (χ3v) is 9.10. The number of benzene rings is 4. The summed E-state index contributed by atoms with van der Waals surface area (Å²) in [5.74, 6) is -1.02. The molecule has 0 fully saturated rings. The number of anilines is 1. The number of hydrogen-bond donors (Lipinski definition) is 1. The Labute approximate surface area is 263 Å². The van der Waals surface area contributed by atoms with Gasteiger partial charge in [0.15, 0.2) is 0 Å². The van der Waals surface area contributed by atoms with E-state index < -0.39 is 40.2 Å². The van der Waals surface area contributed by atoms with Gasteiger partial charge in [-0.05, 0) is 54.4 Å². The average molecular weight is 634 g/mol. The van der Waals surface area contributed by atoms with E-state index in [0.717, 1.165) is 15.4 Å². The van der Waals surface area contributed by atoms with E-state index in [1.807, 2.05) is 37.3 Å². The maximum Gasteiger partial charge on any atom is 0.264 e. The van der Waals surface area contributed by atoms with Crippen molar-refractivity contribution >= 4 is 27.5 Å². The van der Waals surface area contributed by atoms with E-state index in [0.29, 0.717) is 11.3 Å². The first-order valence-electron chi connectivity index (χ1n) is 14.2. The highest BCUT2D eigenvalue weighted by Gasteiger charge is 2.35. The highest BCUT2D eigenvalue weighted by molar-refractivity contribution is 7.92. The van der Waals surface area contributed by atoms with E-state index in [-0.39, 0.29) is 29.3 Å². The van der Waals surface area contributed by atoms with Crippen molar-refractivity contribution in [3.8, 4) is 11.5 Å². The summed E-state index contributed by atoms with van der Waals surface area (Å²) in [4.78, 5) is 29.1. The number of carbonyl (C=O) groups excluding carboxylic acids is 2. The summed E-state index contributed by atoms with van der Waals surface area (Å²) >= 11 is 0. The van der Waals surface area contributed by atoms with E-state index in [2.05, 4.69) is 5.32 Å². The van der Waals surface area contributed by atoms with Gasteiger partial charge in [0.25, 0.3) is 10.0 Å². The molecule has 4 aromatic carbocycles. The minimum absolute atomic E-state index is 0.0389. The molecule has 0 radical (unpaired) electrons. The summed E-state index contributed by atoms with van der Waals surface area (Å²) < 4.78 is 54.1. The second-order valence-corrected chi connectivity index (χ2v) is 12.2. The van der Waals surface area contributed by atoms with Crippen LogP contribution in [0.4, 0.5) is 10.1 Å². The lowest BCUT2D eigenvalue weighted by Crippen LogP contribution is -2.53. The number of aryl methyl sites for hydroxylation is 1. The van der Waals surface area contributed by atoms with Gasteiger partial charge in [0.05, 0.1) is 24.8 Å². The van der Waals surface area contributed by atoms with Crippen molar-refractivity contribution < 1.29 is 31.9 Å². The lowest BCUT2D eigenvalue weighted by molar-refractivity contribution is -0.139. The number of nitrogens with one attached hydrogen (secondary N) is 1. The fourth-order valence-corrected chi connectivity index (χ4v) is 6.27. The number of rotatable bonds is 13. The van der Waals surface area contributed by atoms with Gasteiger partial charge >= 0.3 is 0 Å². The minimum Gasteiger partial charge on any atom is -0.497 e. The van der Waals surface area contributed by atoms with Crippen LogP contribution in [0.15, 0.2) is 102 Å². The molecule has 2 amide bonds. The molecule has 4 aromatic rings. The van der Waals surface area contributed by atoms with E-state index in [1.54, 1.807) is 24.3 Å². The Balaban J connectivity index is 1.85. The van der Waals surface area contributed by atoms with Crippen LogP contribution in [0, 0.1) is 12.7 Å². The van der Waals surface area contributed by atoms with E-state index in [9.17, 15) is 22.4 Å². The molecule has 0 saturated heterocycles. The molecule has 0 heterocycles. The summed E-state index contributed by atoms with van der Waals surface area (Å²) in [7, 11) is -0.0404.